The Labute approximate surface area is 119 Å². The van der Waals surface area contributed by atoms with E-state index in [2.05, 4.69) is 19.2 Å². The van der Waals surface area contributed by atoms with Crippen molar-refractivity contribution in [2.24, 2.45) is 0 Å². The third-order valence-electron chi connectivity index (χ3n) is 3.10. The topological polar surface area (TPSA) is 56.8 Å². The third-order valence-corrected chi connectivity index (χ3v) is 3.10. The number of cyclic esters (lactones) is 1. The molecule has 1 fully saturated rings. The minimum Gasteiger partial charge on any atom is -0.493 e. The van der Waals surface area contributed by atoms with Gasteiger partial charge in [0.05, 0.1) is 13.7 Å². The molecule has 1 aliphatic rings. The van der Waals surface area contributed by atoms with Crippen LogP contribution in [0.15, 0.2) is 18.2 Å². The molecule has 1 unspecified atom stereocenters. The fraction of sp³-hybridized carbons (Fsp3) is 0.533. The molecular weight excluding hydrogens is 258 g/mol. The molecule has 1 N–H and O–H groups in total. The number of benzene rings is 1. The maximum absolute atomic E-state index is 11.4. The summed E-state index contributed by atoms with van der Waals surface area (Å²) in [5, 5.41) is 3.34. The molecule has 1 aromatic rings. The Hall–Kier alpha value is -1.75. The Kier molecular flexibility index (Phi) is 4.84. The summed E-state index contributed by atoms with van der Waals surface area (Å²) in [7, 11) is 1.59. The van der Waals surface area contributed by atoms with E-state index in [4.69, 9.17) is 14.2 Å². The van der Waals surface area contributed by atoms with Gasteiger partial charge in [0.25, 0.3) is 0 Å². The van der Waals surface area contributed by atoms with Crippen LogP contribution in [-0.2, 0) is 16.1 Å². The zero-order valence-electron chi connectivity index (χ0n) is 12.1. The Morgan fingerprint density at radius 2 is 2.20 bits per heavy atom. The molecule has 5 heteroatoms. The van der Waals surface area contributed by atoms with Crippen molar-refractivity contribution in [3.05, 3.63) is 23.8 Å². The number of carbonyl (C=O) groups is 1. The number of hydrogen-bond donors (Lipinski definition) is 1. The van der Waals surface area contributed by atoms with Crippen molar-refractivity contribution in [3.63, 3.8) is 0 Å². The van der Waals surface area contributed by atoms with Crippen LogP contribution in [0.5, 0.6) is 11.5 Å². The molecule has 1 saturated heterocycles. The van der Waals surface area contributed by atoms with Crippen molar-refractivity contribution in [1.29, 1.82) is 0 Å². The van der Waals surface area contributed by atoms with E-state index in [1.807, 2.05) is 18.2 Å². The number of methoxy groups -OCH3 is 1. The number of hydrogen-bond acceptors (Lipinski definition) is 5. The highest BCUT2D eigenvalue weighted by molar-refractivity contribution is 5.77. The van der Waals surface area contributed by atoms with Gasteiger partial charge in [0, 0.05) is 19.0 Å². The molecule has 0 spiro atoms. The van der Waals surface area contributed by atoms with Crippen molar-refractivity contribution in [1.82, 2.24) is 5.32 Å². The predicted molar refractivity (Wildman–Crippen MR) is 75.0 cm³/mol. The fourth-order valence-electron chi connectivity index (χ4n) is 1.98. The van der Waals surface area contributed by atoms with Crippen molar-refractivity contribution in [3.8, 4) is 11.5 Å². The second kappa shape index (κ2) is 6.61. The van der Waals surface area contributed by atoms with E-state index in [9.17, 15) is 4.79 Å². The number of rotatable bonds is 6. The highest BCUT2D eigenvalue weighted by Crippen LogP contribution is 2.30. The monoisotopic (exact) mass is 279 g/mol. The van der Waals surface area contributed by atoms with Gasteiger partial charge in [0.2, 0.25) is 0 Å². The first-order valence-electron chi connectivity index (χ1n) is 6.83. The molecule has 20 heavy (non-hydrogen) atoms. The van der Waals surface area contributed by atoms with Crippen molar-refractivity contribution < 1.29 is 19.0 Å². The Bertz CT molecular complexity index is 473. The zero-order valence-corrected chi connectivity index (χ0v) is 12.1. The zero-order chi connectivity index (χ0) is 14.5. The van der Waals surface area contributed by atoms with Gasteiger partial charge in [-0.1, -0.05) is 19.9 Å². The van der Waals surface area contributed by atoms with E-state index in [1.54, 1.807) is 7.11 Å². The summed E-state index contributed by atoms with van der Waals surface area (Å²) in [6.45, 7) is 5.38. The highest BCUT2D eigenvalue weighted by Gasteiger charge is 2.29. The van der Waals surface area contributed by atoms with Crippen LogP contribution in [0.25, 0.3) is 0 Å². The van der Waals surface area contributed by atoms with Gasteiger partial charge < -0.3 is 19.5 Å². The third kappa shape index (κ3) is 3.63. The van der Waals surface area contributed by atoms with E-state index in [1.165, 1.54) is 0 Å². The molecule has 5 nitrogen and oxygen atoms in total. The van der Waals surface area contributed by atoms with E-state index in [0.717, 1.165) is 12.1 Å². The molecule has 0 bridgehead atoms. The lowest BCUT2D eigenvalue weighted by atomic mass is 10.2. The van der Waals surface area contributed by atoms with E-state index < -0.39 is 6.10 Å². The molecule has 2 rings (SSSR count). The van der Waals surface area contributed by atoms with Crippen LogP contribution < -0.4 is 14.8 Å². The maximum atomic E-state index is 11.4. The molecule has 0 radical (unpaired) electrons. The largest absolute Gasteiger partial charge is 0.493 e. The van der Waals surface area contributed by atoms with E-state index in [0.29, 0.717) is 30.6 Å². The number of nitrogens with one attached hydrogen (secondary N) is 1. The van der Waals surface area contributed by atoms with Crippen LogP contribution in [-0.4, -0.2) is 31.8 Å². The summed E-state index contributed by atoms with van der Waals surface area (Å²) < 4.78 is 15.9. The SMILES string of the molecule is COc1cc(CNC(C)C)ccc1OC1CCOC1=O. The lowest BCUT2D eigenvalue weighted by Gasteiger charge is -2.15. The van der Waals surface area contributed by atoms with Gasteiger partial charge >= 0.3 is 5.97 Å². The van der Waals surface area contributed by atoms with Gasteiger partial charge in [-0.25, -0.2) is 4.79 Å². The fourth-order valence-corrected chi connectivity index (χ4v) is 1.98. The predicted octanol–water partition coefficient (Wildman–Crippen LogP) is 1.89. The van der Waals surface area contributed by atoms with Crippen molar-refractivity contribution in [2.75, 3.05) is 13.7 Å². The van der Waals surface area contributed by atoms with Gasteiger partial charge in [-0.15, -0.1) is 0 Å². The molecule has 110 valence electrons. The molecule has 1 aliphatic heterocycles. The van der Waals surface area contributed by atoms with Gasteiger partial charge in [-0.2, -0.15) is 0 Å². The summed E-state index contributed by atoms with van der Waals surface area (Å²) >= 11 is 0. The molecule has 1 aromatic carbocycles. The number of esters is 1. The highest BCUT2D eigenvalue weighted by atomic mass is 16.6. The van der Waals surface area contributed by atoms with Crippen LogP contribution in [0, 0.1) is 0 Å². The molecule has 1 atom stereocenters. The lowest BCUT2D eigenvalue weighted by molar-refractivity contribution is -0.143. The van der Waals surface area contributed by atoms with Crippen molar-refractivity contribution in [2.45, 2.75) is 39.0 Å². The molecule has 0 aliphatic carbocycles. The molecule has 0 amide bonds. The Balaban J connectivity index is 2.07. The van der Waals surface area contributed by atoms with Gasteiger partial charge in [-0.05, 0) is 17.7 Å². The van der Waals surface area contributed by atoms with Gasteiger partial charge in [0.1, 0.15) is 0 Å². The standard InChI is InChI=1S/C15H21NO4/c1-10(2)16-9-11-4-5-12(14(8-11)18-3)20-13-6-7-19-15(13)17/h4-5,8,10,13,16H,6-7,9H2,1-3H3. The van der Waals surface area contributed by atoms with Crippen LogP contribution in [0.3, 0.4) is 0 Å². The van der Waals surface area contributed by atoms with Gasteiger partial charge in [0.15, 0.2) is 17.6 Å². The van der Waals surface area contributed by atoms with Crippen LogP contribution in [0.1, 0.15) is 25.8 Å². The first-order chi connectivity index (χ1) is 9.60. The average molecular weight is 279 g/mol. The Morgan fingerprint density at radius 1 is 1.40 bits per heavy atom. The Morgan fingerprint density at radius 3 is 2.80 bits per heavy atom. The minimum absolute atomic E-state index is 0.308. The van der Waals surface area contributed by atoms with E-state index >= 15 is 0 Å². The average Bonchev–Trinajstić information content (AvgIpc) is 2.83. The normalized spacial score (nSPS) is 18.2. The van der Waals surface area contributed by atoms with Crippen LogP contribution in [0.2, 0.25) is 0 Å². The van der Waals surface area contributed by atoms with Gasteiger partial charge in [-0.3, -0.25) is 0 Å². The first-order valence-corrected chi connectivity index (χ1v) is 6.83. The minimum atomic E-state index is -0.525. The first kappa shape index (κ1) is 14.7. The number of ether oxygens (including phenoxy) is 3. The summed E-state index contributed by atoms with van der Waals surface area (Å²) in [5.41, 5.74) is 1.11. The smallest absolute Gasteiger partial charge is 0.347 e. The molecular formula is C15H21NO4. The maximum Gasteiger partial charge on any atom is 0.347 e. The number of carbonyl (C=O) groups excluding carboxylic acids is 1. The van der Waals surface area contributed by atoms with Crippen LogP contribution in [0.4, 0.5) is 0 Å². The summed E-state index contributed by atoms with van der Waals surface area (Å²) in [4.78, 5) is 11.4. The summed E-state index contributed by atoms with van der Waals surface area (Å²) in [6, 6.07) is 6.14. The second-order valence-corrected chi connectivity index (χ2v) is 5.08. The molecule has 1 heterocycles. The van der Waals surface area contributed by atoms with E-state index in [-0.39, 0.29) is 5.97 Å². The van der Waals surface area contributed by atoms with Crippen molar-refractivity contribution >= 4 is 5.97 Å². The lowest BCUT2D eigenvalue weighted by Crippen LogP contribution is -2.23. The summed E-state index contributed by atoms with van der Waals surface area (Å²) in [6.07, 6.45) is 0.0575. The molecule has 0 aromatic heterocycles. The van der Waals surface area contributed by atoms with Crippen LogP contribution >= 0.6 is 0 Å². The quantitative estimate of drug-likeness (QED) is 0.806. The molecule has 0 saturated carbocycles. The second-order valence-electron chi connectivity index (χ2n) is 5.08. The summed E-state index contributed by atoms with van der Waals surface area (Å²) in [5.74, 6) is 0.898.